The smallest absolute Gasteiger partial charge is 0.329 e. The number of imidazole rings is 1. The summed E-state index contributed by atoms with van der Waals surface area (Å²) in [7, 11) is 0. The van der Waals surface area contributed by atoms with Crippen molar-refractivity contribution in [1.82, 2.24) is 19.8 Å². The lowest BCUT2D eigenvalue weighted by Gasteiger charge is -2.23. The maximum atomic E-state index is 13.3. The molecule has 0 atom stereocenters. The van der Waals surface area contributed by atoms with Crippen LogP contribution in [0.2, 0.25) is 0 Å². The molecular formula is C22H30N4O3. The van der Waals surface area contributed by atoms with Crippen LogP contribution in [-0.4, -0.2) is 34.0 Å². The second-order valence-electron chi connectivity index (χ2n) is 8.44. The minimum atomic E-state index is -0.187. The quantitative estimate of drug-likeness (QED) is 0.703. The van der Waals surface area contributed by atoms with Crippen LogP contribution in [0.1, 0.15) is 68.3 Å². The summed E-state index contributed by atoms with van der Waals surface area (Å²) in [6, 6.07) is 5.84. The average Bonchev–Trinajstić information content (AvgIpc) is 3.50. The summed E-state index contributed by atoms with van der Waals surface area (Å²) < 4.78 is 3.87. The first-order chi connectivity index (χ1) is 14.0. The second kappa shape index (κ2) is 8.43. The maximum Gasteiger partial charge on any atom is 0.329 e. The fraction of sp³-hybridized carbons (Fsp3) is 0.591. The summed E-state index contributed by atoms with van der Waals surface area (Å²) in [5.74, 6) is 0.273. The number of carbonyl (C=O) groups is 2. The summed E-state index contributed by atoms with van der Waals surface area (Å²) in [5, 5.41) is 5.49. The Hall–Kier alpha value is -2.57. The molecule has 2 aliphatic rings. The maximum absolute atomic E-state index is 13.3. The van der Waals surface area contributed by atoms with Crippen LogP contribution in [0.4, 0.5) is 0 Å². The molecule has 2 fully saturated rings. The molecule has 29 heavy (non-hydrogen) atoms. The van der Waals surface area contributed by atoms with Gasteiger partial charge in [0.2, 0.25) is 5.91 Å². The van der Waals surface area contributed by atoms with Crippen LogP contribution >= 0.6 is 0 Å². The number of benzene rings is 1. The lowest BCUT2D eigenvalue weighted by Crippen LogP contribution is -2.33. The zero-order chi connectivity index (χ0) is 20.4. The summed E-state index contributed by atoms with van der Waals surface area (Å²) in [6.45, 7) is 2.96. The van der Waals surface area contributed by atoms with Gasteiger partial charge in [-0.1, -0.05) is 19.3 Å². The molecule has 1 aromatic heterocycles. The summed E-state index contributed by atoms with van der Waals surface area (Å²) >= 11 is 0. The van der Waals surface area contributed by atoms with Crippen molar-refractivity contribution in [3.63, 3.8) is 0 Å². The van der Waals surface area contributed by atoms with Crippen LogP contribution in [0.25, 0.3) is 11.0 Å². The van der Waals surface area contributed by atoms with E-state index < -0.39 is 0 Å². The molecule has 7 nitrogen and oxygen atoms in total. The Kier molecular flexibility index (Phi) is 5.74. The van der Waals surface area contributed by atoms with Crippen LogP contribution in [0.15, 0.2) is 23.0 Å². The van der Waals surface area contributed by atoms with Gasteiger partial charge in [-0.3, -0.25) is 18.7 Å². The molecule has 2 aromatic rings. The van der Waals surface area contributed by atoms with Gasteiger partial charge in [0.25, 0.3) is 5.91 Å². The molecule has 0 bridgehead atoms. The number of hydrogen-bond acceptors (Lipinski definition) is 3. The number of fused-ring (bicyclic) bond motifs is 1. The Labute approximate surface area is 170 Å². The van der Waals surface area contributed by atoms with E-state index in [0.717, 1.165) is 30.4 Å². The molecule has 1 heterocycles. The SMILES string of the molecule is CC(=O)NCCNC(=O)c1ccc2c(c1)n(CC1CC1)c(=O)n2C1CCCCC1. The van der Waals surface area contributed by atoms with Gasteiger partial charge in [0.1, 0.15) is 0 Å². The molecule has 0 saturated heterocycles. The van der Waals surface area contributed by atoms with Crippen LogP contribution in [0.5, 0.6) is 0 Å². The predicted octanol–water partition coefficient (Wildman–Crippen LogP) is 2.58. The zero-order valence-electron chi connectivity index (χ0n) is 17.1. The van der Waals surface area contributed by atoms with E-state index >= 15 is 0 Å². The molecule has 0 aliphatic heterocycles. The van der Waals surface area contributed by atoms with Crippen molar-refractivity contribution < 1.29 is 9.59 Å². The Morgan fingerprint density at radius 2 is 1.72 bits per heavy atom. The molecule has 0 radical (unpaired) electrons. The molecule has 0 spiro atoms. The standard InChI is InChI=1S/C22H30N4O3/c1-15(27)23-11-12-24-21(28)17-9-10-19-20(13-17)25(14-16-7-8-16)22(29)26(19)18-5-3-2-4-6-18/h9-10,13,16,18H,2-8,11-12,14H2,1H3,(H,23,27)(H,24,28). The molecule has 2 saturated carbocycles. The molecule has 4 rings (SSSR count). The summed E-state index contributed by atoms with van der Waals surface area (Å²) in [4.78, 5) is 36.8. The number of rotatable bonds is 7. The van der Waals surface area contributed by atoms with Crippen LogP contribution in [-0.2, 0) is 11.3 Å². The van der Waals surface area contributed by atoms with E-state index in [0.29, 0.717) is 24.6 Å². The molecule has 156 valence electrons. The highest BCUT2D eigenvalue weighted by molar-refractivity contribution is 5.97. The van der Waals surface area contributed by atoms with Crippen LogP contribution < -0.4 is 16.3 Å². The molecule has 1 aromatic carbocycles. The van der Waals surface area contributed by atoms with Gasteiger partial charge >= 0.3 is 5.69 Å². The van der Waals surface area contributed by atoms with Crippen molar-refractivity contribution in [2.24, 2.45) is 5.92 Å². The molecule has 0 unspecified atom stereocenters. The number of aromatic nitrogens is 2. The van der Waals surface area contributed by atoms with Gasteiger partial charge in [0.15, 0.2) is 0 Å². The molecule has 2 amide bonds. The first-order valence-corrected chi connectivity index (χ1v) is 10.8. The zero-order valence-corrected chi connectivity index (χ0v) is 17.1. The fourth-order valence-electron chi connectivity index (χ4n) is 4.36. The highest BCUT2D eigenvalue weighted by Gasteiger charge is 2.27. The van der Waals surface area contributed by atoms with Crippen molar-refractivity contribution in [3.05, 3.63) is 34.2 Å². The van der Waals surface area contributed by atoms with Crippen molar-refractivity contribution in [2.75, 3.05) is 13.1 Å². The highest BCUT2D eigenvalue weighted by Crippen LogP contribution is 2.33. The van der Waals surface area contributed by atoms with E-state index in [-0.39, 0.29) is 23.5 Å². The Morgan fingerprint density at radius 1 is 1.00 bits per heavy atom. The minimum absolute atomic E-state index is 0.0713. The predicted molar refractivity (Wildman–Crippen MR) is 112 cm³/mol. The molecule has 7 heteroatoms. The number of hydrogen-bond donors (Lipinski definition) is 2. The first kappa shape index (κ1) is 19.7. The number of nitrogens with zero attached hydrogens (tertiary/aromatic N) is 2. The minimum Gasteiger partial charge on any atom is -0.355 e. The number of amides is 2. The normalized spacial score (nSPS) is 17.4. The van der Waals surface area contributed by atoms with Crippen LogP contribution in [0, 0.1) is 5.92 Å². The van der Waals surface area contributed by atoms with Crippen LogP contribution in [0.3, 0.4) is 0 Å². The van der Waals surface area contributed by atoms with E-state index in [2.05, 4.69) is 10.6 Å². The second-order valence-corrected chi connectivity index (χ2v) is 8.44. The lowest BCUT2D eigenvalue weighted by molar-refractivity contribution is -0.118. The molecular weight excluding hydrogens is 368 g/mol. The number of nitrogens with one attached hydrogen (secondary N) is 2. The number of carbonyl (C=O) groups excluding carboxylic acids is 2. The van der Waals surface area contributed by atoms with Crippen molar-refractivity contribution >= 4 is 22.8 Å². The van der Waals surface area contributed by atoms with Gasteiger partial charge in [-0.25, -0.2) is 4.79 Å². The van der Waals surface area contributed by atoms with Gasteiger partial charge in [-0.15, -0.1) is 0 Å². The van der Waals surface area contributed by atoms with Gasteiger partial charge in [-0.05, 0) is 49.8 Å². The third kappa shape index (κ3) is 4.38. The van der Waals surface area contributed by atoms with E-state index in [1.54, 1.807) is 6.07 Å². The largest absolute Gasteiger partial charge is 0.355 e. The Bertz CT molecular complexity index is 964. The van der Waals surface area contributed by atoms with Gasteiger partial charge < -0.3 is 10.6 Å². The Morgan fingerprint density at radius 3 is 2.41 bits per heavy atom. The third-order valence-corrected chi connectivity index (χ3v) is 6.09. The highest BCUT2D eigenvalue weighted by atomic mass is 16.2. The fourth-order valence-corrected chi connectivity index (χ4v) is 4.36. The first-order valence-electron chi connectivity index (χ1n) is 10.8. The van der Waals surface area contributed by atoms with Crippen molar-refractivity contribution in [1.29, 1.82) is 0 Å². The van der Waals surface area contributed by atoms with E-state index in [1.807, 2.05) is 21.3 Å². The topological polar surface area (TPSA) is 85.1 Å². The van der Waals surface area contributed by atoms with Gasteiger partial charge in [0.05, 0.1) is 11.0 Å². The summed E-state index contributed by atoms with van der Waals surface area (Å²) in [5.41, 5.74) is 2.42. The molecule has 2 N–H and O–H groups in total. The lowest BCUT2D eigenvalue weighted by atomic mass is 9.95. The van der Waals surface area contributed by atoms with Crippen molar-refractivity contribution in [2.45, 2.75) is 64.5 Å². The van der Waals surface area contributed by atoms with E-state index in [4.69, 9.17) is 0 Å². The van der Waals surface area contributed by atoms with Gasteiger partial charge in [0, 0.05) is 38.2 Å². The third-order valence-electron chi connectivity index (χ3n) is 6.09. The molecule has 2 aliphatic carbocycles. The van der Waals surface area contributed by atoms with Crippen molar-refractivity contribution in [3.8, 4) is 0 Å². The average molecular weight is 399 g/mol. The summed E-state index contributed by atoms with van der Waals surface area (Å²) in [6.07, 6.45) is 8.02. The Balaban J connectivity index is 1.63. The van der Waals surface area contributed by atoms with E-state index in [1.165, 1.54) is 39.0 Å². The van der Waals surface area contributed by atoms with Gasteiger partial charge in [-0.2, -0.15) is 0 Å². The monoisotopic (exact) mass is 398 g/mol. The van der Waals surface area contributed by atoms with E-state index in [9.17, 15) is 14.4 Å².